The van der Waals surface area contributed by atoms with Gasteiger partial charge < -0.3 is 31.5 Å². The number of nitrogen functional groups attached to an aromatic ring is 1. The van der Waals surface area contributed by atoms with Gasteiger partial charge in [-0.25, -0.2) is 14.8 Å². The molecule has 0 bridgehead atoms. The van der Waals surface area contributed by atoms with Crippen molar-refractivity contribution in [1.82, 2.24) is 20.6 Å². The van der Waals surface area contributed by atoms with E-state index in [4.69, 9.17) is 10.5 Å². The van der Waals surface area contributed by atoms with Gasteiger partial charge in [0.1, 0.15) is 23.9 Å². The molecular formula is C33H28N6O5S. The number of piperidine rings is 1. The smallest absolute Gasteiger partial charge is 0.355 e. The van der Waals surface area contributed by atoms with Crippen LogP contribution in [0.4, 0.5) is 11.5 Å². The monoisotopic (exact) mass is 620 g/mol. The molecule has 0 aliphatic carbocycles. The lowest BCUT2D eigenvalue weighted by Crippen LogP contribution is -2.45. The first-order valence-electron chi connectivity index (χ1n) is 14.4. The van der Waals surface area contributed by atoms with Crippen LogP contribution in [0.1, 0.15) is 49.7 Å². The second-order valence-electron chi connectivity index (χ2n) is 11.0. The van der Waals surface area contributed by atoms with Crippen LogP contribution in [-0.4, -0.2) is 52.0 Å². The lowest BCUT2D eigenvalue weighted by atomic mass is 9.92. The third kappa shape index (κ3) is 5.45. The largest absolute Gasteiger partial charge is 0.488 e. The maximum atomic E-state index is 14.0. The van der Waals surface area contributed by atoms with Gasteiger partial charge in [0, 0.05) is 62.6 Å². The lowest BCUT2D eigenvalue weighted by molar-refractivity contribution is 0.0691. The fraction of sp³-hybridized carbons (Fsp3) is 0.182. The van der Waals surface area contributed by atoms with E-state index in [1.54, 1.807) is 42.6 Å². The molecule has 2 aliphatic heterocycles. The Morgan fingerprint density at radius 1 is 1.02 bits per heavy atom. The van der Waals surface area contributed by atoms with Gasteiger partial charge in [-0.3, -0.25) is 9.59 Å². The predicted molar refractivity (Wildman–Crippen MR) is 172 cm³/mol. The summed E-state index contributed by atoms with van der Waals surface area (Å²) in [5, 5.41) is 22.9. The summed E-state index contributed by atoms with van der Waals surface area (Å²) < 4.78 is 6.05. The van der Waals surface area contributed by atoms with Gasteiger partial charge in [0.05, 0.1) is 0 Å². The van der Waals surface area contributed by atoms with Gasteiger partial charge >= 0.3 is 5.97 Å². The highest BCUT2D eigenvalue weighted by Gasteiger charge is 2.28. The maximum absolute atomic E-state index is 14.0. The first kappa shape index (κ1) is 28.4. The van der Waals surface area contributed by atoms with Crippen LogP contribution in [-0.2, 0) is 6.61 Å². The number of aromatic carboxylic acids is 1. The number of nitrogens with two attached hydrogens (primary N) is 1. The SMILES string of the molecule is Nc1nccc2cc(NC(=O)c3cc4c(cc3-c3ccc(C(=O)N[C@@H]5CCCNC5)nc3C(=O)O)OCc3ccsc3-4)ccc12. The molecule has 0 spiro atoms. The number of hydrogen-bond donors (Lipinski definition) is 5. The summed E-state index contributed by atoms with van der Waals surface area (Å²) in [5.74, 6) is -1.34. The Balaban J connectivity index is 1.30. The summed E-state index contributed by atoms with van der Waals surface area (Å²) in [4.78, 5) is 48.9. The van der Waals surface area contributed by atoms with Crippen molar-refractivity contribution in [3.8, 4) is 27.3 Å². The lowest BCUT2D eigenvalue weighted by Gasteiger charge is -2.24. The van der Waals surface area contributed by atoms with Crippen LogP contribution < -0.4 is 26.4 Å². The van der Waals surface area contributed by atoms with Crippen LogP contribution in [0.2, 0.25) is 0 Å². The minimum Gasteiger partial charge on any atom is -0.488 e. The first-order chi connectivity index (χ1) is 21.9. The number of carboxylic acid groups (broad SMARTS) is 1. The normalized spacial score (nSPS) is 15.4. The number of anilines is 2. The number of benzene rings is 2. The second kappa shape index (κ2) is 11.6. The minimum absolute atomic E-state index is 0.0184. The Bertz CT molecular complexity index is 2000. The van der Waals surface area contributed by atoms with Crippen molar-refractivity contribution in [2.45, 2.75) is 25.5 Å². The number of thiophene rings is 1. The number of pyridine rings is 2. The third-order valence-corrected chi connectivity index (χ3v) is 9.03. The molecule has 7 rings (SSSR count). The molecular weight excluding hydrogens is 592 g/mol. The highest BCUT2D eigenvalue weighted by atomic mass is 32.1. The van der Waals surface area contributed by atoms with Crippen molar-refractivity contribution in [1.29, 1.82) is 0 Å². The number of ether oxygens (including phenoxy) is 1. The van der Waals surface area contributed by atoms with E-state index in [1.165, 1.54) is 23.5 Å². The molecule has 1 saturated heterocycles. The van der Waals surface area contributed by atoms with E-state index in [1.807, 2.05) is 11.4 Å². The molecule has 1 fully saturated rings. The van der Waals surface area contributed by atoms with Crippen LogP contribution in [0, 0.1) is 0 Å². The summed E-state index contributed by atoms with van der Waals surface area (Å²) in [6.07, 6.45) is 3.35. The van der Waals surface area contributed by atoms with Crippen molar-refractivity contribution in [3.63, 3.8) is 0 Å². The average Bonchev–Trinajstić information content (AvgIpc) is 3.54. The molecule has 5 heterocycles. The number of amides is 2. The Hall–Kier alpha value is -5.33. The fourth-order valence-corrected chi connectivity index (χ4v) is 6.74. The van der Waals surface area contributed by atoms with Crippen molar-refractivity contribution in [3.05, 3.63) is 88.7 Å². The average molecular weight is 621 g/mol. The molecule has 3 aromatic heterocycles. The van der Waals surface area contributed by atoms with Gasteiger partial charge in [0.2, 0.25) is 0 Å². The molecule has 5 aromatic rings. The van der Waals surface area contributed by atoms with Crippen molar-refractivity contribution < 1.29 is 24.2 Å². The number of carbonyl (C=O) groups is 3. The van der Waals surface area contributed by atoms with E-state index in [0.717, 1.165) is 46.2 Å². The van der Waals surface area contributed by atoms with E-state index in [-0.39, 0.29) is 28.6 Å². The first-order valence-corrected chi connectivity index (χ1v) is 15.3. The van der Waals surface area contributed by atoms with Crippen molar-refractivity contribution in [2.24, 2.45) is 0 Å². The number of nitrogens with zero attached hydrogens (tertiary/aromatic N) is 2. The summed E-state index contributed by atoms with van der Waals surface area (Å²) >= 11 is 1.54. The molecule has 2 aromatic carbocycles. The van der Waals surface area contributed by atoms with Gasteiger partial charge in [-0.1, -0.05) is 0 Å². The summed E-state index contributed by atoms with van der Waals surface area (Å²) in [6.45, 7) is 1.88. The Kier molecular flexibility index (Phi) is 7.35. The van der Waals surface area contributed by atoms with Gasteiger partial charge in [0.15, 0.2) is 5.69 Å². The number of fused-ring (bicyclic) bond motifs is 4. The minimum atomic E-state index is -1.33. The number of rotatable bonds is 6. The number of aromatic nitrogens is 2. The predicted octanol–water partition coefficient (Wildman–Crippen LogP) is 4.93. The van der Waals surface area contributed by atoms with E-state index in [0.29, 0.717) is 36.0 Å². The number of hydrogen-bond acceptors (Lipinski definition) is 9. The van der Waals surface area contributed by atoms with E-state index < -0.39 is 17.8 Å². The van der Waals surface area contributed by atoms with Crippen molar-refractivity contribution in [2.75, 3.05) is 24.1 Å². The van der Waals surface area contributed by atoms with Crippen LogP contribution in [0.3, 0.4) is 0 Å². The Morgan fingerprint density at radius 2 is 1.91 bits per heavy atom. The molecule has 0 saturated carbocycles. The van der Waals surface area contributed by atoms with E-state index in [2.05, 4.69) is 25.9 Å². The summed E-state index contributed by atoms with van der Waals surface area (Å²) in [7, 11) is 0. The van der Waals surface area contributed by atoms with Gasteiger partial charge in [0.25, 0.3) is 11.8 Å². The molecule has 226 valence electrons. The van der Waals surface area contributed by atoms with Crippen LogP contribution in [0.25, 0.3) is 32.3 Å². The fourth-order valence-electron chi connectivity index (χ4n) is 5.81. The maximum Gasteiger partial charge on any atom is 0.355 e. The van der Waals surface area contributed by atoms with E-state index >= 15 is 0 Å². The van der Waals surface area contributed by atoms with Gasteiger partial charge in [-0.2, -0.15) is 0 Å². The second-order valence-corrected chi connectivity index (χ2v) is 11.9. The van der Waals surface area contributed by atoms with Gasteiger partial charge in [-0.05, 0) is 84.7 Å². The van der Waals surface area contributed by atoms with Crippen LogP contribution >= 0.6 is 11.3 Å². The zero-order chi connectivity index (χ0) is 31.1. The quantitative estimate of drug-likeness (QED) is 0.177. The summed E-state index contributed by atoms with van der Waals surface area (Å²) in [5.41, 5.74) is 8.62. The molecule has 11 nitrogen and oxygen atoms in total. The molecule has 45 heavy (non-hydrogen) atoms. The molecule has 6 N–H and O–H groups in total. The van der Waals surface area contributed by atoms with Crippen LogP contribution in [0.5, 0.6) is 5.75 Å². The highest BCUT2D eigenvalue weighted by Crippen LogP contribution is 2.44. The van der Waals surface area contributed by atoms with E-state index in [9.17, 15) is 19.5 Å². The standard InChI is InChI=1S/C33H28N6O5S/c34-30-21-4-3-19(12-17(21)7-10-36-30)37-31(40)24-13-25-27(44-16-18-8-11-45-29(18)25)14-23(24)22-5-6-26(39-28(22)33(42)43)32(41)38-20-2-1-9-35-15-20/h3-8,10-14,20,35H,1-2,9,15-16H2,(H2,34,36)(H,37,40)(H,38,41)(H,42,43)/t20-/m1/s1. The molecule has 2 aliphatic rings. The molecule has 0 radical (unpaired) electrons. The summed E-state index contributed by atoms with van der Waals surface area (Å²) in [6, 6.07) is 15.4. The number of nitrogens with one attached hydrogen (secondary N) is 3. The number of carbonyl (C=O) groups excluding carboxylic acids is 2. The van der Waals surface area contributed by atoms with Crippen LogP contribution in [0.15, 0.2) is 66.2 Å². The number of carboxylic acids is 1. The molecule has 0 unspecified atom stereocenters. The van der Waals surface area contributed by atoms with Crippen molar-refractivity contribution >= 4 is 51.4 Å². The Labute approximate surface area is 261 Å². The van der Waals surface area contributed by atoms with Gasteiger partial charge in [-0.15, -0.1) is 11.3 Å². The highest BCUT2D eigenvalue weighted by molar-refractivity contribution is 7.13. The third-order valence-electron chi connectivity index (χ3n) is 8.04. The topological polar surface area (TPSA) is 169 Å². The Morgan fingerprint density at radius 3 is 2.73 bits per heavy atom. The zero-order valence-corrected chi connectivity index (χ0v) is 24.7. The molecule has 2 amide bonds. The molecule has 1 atom stereocenters. The molecule has 12 heteroatoms. The zero-order valence-electron chi connectivity index (χ0n) is 23.9.